The summed E-state index contributed by atoms with van der Waals surface area (Å²) >= 11 is 0. The van der Waals surface area contributed by atoms with Gasteiger partial charge in [0, 0.05) is 19.2 Å². The summed E-state index contributed by atoms with van der Waals surface area (Å²) in [6.45, 7) is 0.716. The van der Waals surface area contributed by atoms with E-state index in [9.17, 15) is 17.2 Å². The van der Waals surface area contributed by atoms with Gasteiger partial charge in [0.1, 0.15) is 11.6 Å². The first-order valence-corrected chi connectivity index (χ1v) is 8.80. The summed E-state index contributed by atoms with van der Waals surface area (Å²) in [7, 11) is -3.94. The Hall–Kier alpha value is -2.32. The van der Waals surface area contributed by atoms with Gasteiger partial charge in [0.2, 0.25) is 10.0 Å². The van der Waals surface area contributed by atoms with Crippen LogP contribution in [0.15, 0.2) is 53.7 Å². The summed E-state index contributed by atoms with van der Waals surface area (Å²) < 4.78 is 54.6. The van der Waals surface area contributed by atoms with Gasteiger partial charge in [-0.05, 0) is 30.7 Å². The predicted molar refractivity (Wildman–Crippen MR) is 85.9 cm³/mol. The van der Waals surface area contributed by atoms with Crippen molar-refractivity contribution in [2.24, 2.45) is 0 Å². The number of hydrogen-bond acceptors (Lipinski definition) is 3. The molecule has 0 amide bonds. The van der Waals surface area contributed by atoms with Crippen LogP contribution in [0.5, 0.6) is 0 Å². The highest BCUT2D eigenvalue weighted by molar-refractivity contribution is 7.89. The van der Waals surface area contributed by atoms with E-state index in [1.165, 1.54) is 0 Å². The third-order valence-electron chi connectivity index (χ3n) is 3.54. The number of para-hydroxylation sites is 2. The third kappa shape index (κ3) is 3.60. The summed E-state index contributed by atoms with van der Waals surface area (Å²) in [5.74, 6) is -1.86. The minimum absolute atomic E-state index is 0.146. The molecule has 0 aliphatic rings. The Labute approximate surface area is 138 Å². The number of halogens is 2. The van der Waals surface area contributed by atoms with Crippen LogP contribution in [0, 0.1) is 11.6 Å². The minimum Gasteiger partial charge on any atom is -0.331 e. The molecule has 0 saturated carbocycles. The second kappa shape index (κ2) is 6.66. The summed E-state index contributed by atoms with van der Waals surface area (Å²) in [5, 5.41) is 0. The molecule has 2 aromatic carbocycles. The largest absolute Gasteiger partial charge is 0.331 e. The lowest BCUT2D eigenvalue weighted by Gasteiger charge is -2.08. The van der Waals surface area contributed by atoms with Crippen LogP contribution in [0.3, 0.4) is 0 Å². The number of aryl methyl sites for hydroxylation is 1. The molecule has 0 radical (unpaired) electrons. The first-order chi connectivity index (χ1) is 11.5. The molecular weight excluding hydrogens is 336 g/mol. The molecule has 0 aliphatic carbocycles. The summed E-state index contributed by atoms with van der Waals surface area (Å²) in [6, 6.07) is 9.83. The van der Waals surface area contributed by atoms with Gasteiger partial charge in [0.15, 0.2) is 0 Å². The van der Waals surface area contributed by atoms with Crippen molar-refractivity contribution in [1.82, 2.24) is 14.3 Å². The molecule has 24 heavy (non-hydrogen) atoms. The molecule has 5 nitrogen and oxygen atoms in total. The van der Waals surface area contributed by atoms with Gasteiger partial charge in [-0.15, -0.1) is 0 Å². The van der Waals surface area contributed by atoms with Crippen molar-refractivity contribution in [3.8, 4) is 0 Å². The number of aromatic nitrogens is 2. The maximum atomic E-state index is 13.1. The highest BCUT2D eigenvalue weighted by Crippen LogP contribution is 2.14. The molecule has 8 heteroatoms. The van der Waals surface area contributed by atoms with Crippen LogP contribution in [0.2, 0.25) is 0 Å². The van der Waals surface area contributed by atoms with Gasteiger partial charge in [-0.25, -0.2) is 26.9 Å². The molecule has 0 atom stereocenters. The Morgan fingerprint density at radius 2 is 1.79 bits per heavy atom. The molecule has 0 spiro atoms. The number of nitrogens with one attached hydrogen (secondary N) is 1. The number of nitrogens with zero attached hydrogens (tertiary/aromatic N) is 2. The van der Waals surface area contributed by atoms with E-state index < -0.39 is 26.6 Å². The lowest BCUT2D eigenvalue weighted by Crippen LogP contribution is -2.25. The van der Waals surface area contributed by atoms with Crippen molar-refractivity contribution in [1.29, 1.82) is 0 Å². The Balaban J connectivity index is 1.61. The van der Waals surface area contributed by atoms with Crippen LogP contribution in [0.4, 0.5) is 8.78 Å². The van der Waals surface area contributed by atoms with Crippen LogP contribution >= 0.6 is 0 Å². The first-order valence-electron chi connectivity index (χ1n) is 7.31. The van der Waals surface area contributed by atoms with E-state index in [2.05, 4.69) is 9.71 Å². The van der Waals surface area contributed by atoms with Crippen molar-refractivity contribution in [3.05, 3.63) is 60.4 Å². The number of sulfonamides is 1. The van der Waals surface area contributed by atoms with E-state index in [1.54, 1.807) is 6.33 Å². The second-order valence-electron chi connectivity index (χ2n) is 5.28. The molecular formula is C16H15F2N3O2S. The van der Waals surface area contributed by atoms with Crippen molar-refractivity contribution in [2.75, 3.05) is 6.54 Å². The van der Waals surface area contributed by atoms with Gasteiger partial charge in [-0.2, -0.15) is 0 Å². The van der Waals surface area contributed by atoms with Crippen molar-refractivity contribution in [2.45, 2.75) is 17.9 Å². The summed E-state index contributed by atoms with van der Waals surface area (Å²) in [6.07, 6.45) is 2.21. The predicted octanol–water partition coefficient (Wildman–Crippen LogP) is 2.68. The van der Waals surface area contributed by atoms with Crippen LogP contribution in [-0.4, -0.2) is 24.5 Å². The van der Waals surface area contributed by atoms with Gasteiger partial charge in [0.05, 0.1) is 22.3 Å². The Morgan fingerprint density at radius 3 is 2.54 bits per heavy atom. The van der Waals surface area contributed by atoms with E-state index in [0.29, 0.717) is 19.0 Å². The Kier molecular flexibility index (Phi) is 4.59. The van der Waals surface area contributed by atoms with E-state index in [4.69, 9.17) is 0 Å². The van der Waals surface area contributed by atoms with Crippen LogP contribution < -0.4 is 4.72 Å². The second-order valence-corrected chi connectivity index (χ2v) is 7.05. The molecule has 0 unspecified atom stereocenters. The smallest absolute Gasteiger partial charge is 0.240 e. The quantitative estimate of drug-likeness (QED) is 0.695. The maximum Gasteiger partial charge on any atom is 0.240 e. The number of hydrogen-bond donors (Lipinski definition) is 1. The molecule has 126 valence electrons. The van der Waals surface area contributed by atoms with E-state index >= 15 is 0 Å². The third-order valence-corrected chi connectivity index (χ3v) is 4.98. The number of benzene rings is 2. The van der Waals surface area contributed by atoms with Gasteiger partial charge in [-0.1, -0.05) is 12.1 Å². The molecule has 0 bridgehead atoms. The molecule has 3 rings (SSSR count). The normalized spacial score (nSPS) is 11.9. The number of rotatable bonds is 6. The van der Waals surface area contributed by atoms with Gasteiger partial charge >= 0.3 is 0 Å². The molecule has 0 saturated heterocycles. The minimum atomic E-state index is -3.94. The fourth-order valence-electron chi connectivity index (χ4n) is 2.41. The van der Waals surface area contributed by atoms with Crippen LogP contribution in [0.1, 0.15) is 6.42 Å². The van der Waals surface area contributed by atoms with Crippen molar-refractivity contribution in [3.63, 3.8) is 0 Å². The fraction of sp³-hybridized carbons (Fsp3) is 0.188. The van der Waals surface area contributed by atoms with E-state index in [1.807, 2.05) is 28.8 Å². The SMILES string of the molecule is O=S(=O)(NCCCn1cnc2ccccc21)c1cc(F)cc(F)c1. The average Bonchev–Trinajstić information content (AvgIpc) is 2.94. The van der Waals surface area contributed by atoms with Gasteiger partial charge in [0.25, 0.3) is 0 Å². The summed E-state index contributed by atoms with van der Waals surface area (Å²) in [4.78, 5) is 3.83. The monoisotopic (exact) mass is 351 g/mol. The van der Waals surface area contributed by atoms with Crippen LogP contribution in [0.25, 0.3) is 11.0 Å². The number of imidazole rings is 1. The molecule has 3 aromatic rings. The molecule has 0 aliphatic heterocycles. The van der Waals surface area contributed by atoms with E-state index in [-0.39, 0.29) is 6.54 Å². The Morgan fingerprint density at radius 1 is 1.08 bits per heavy atom. The van der Waals surface area contributed by atoms with Gasteiger partial charge in [-0.3, -0.25) is 0 Å². The molecule has 0 fully saturated rings. The lowest BCUT2D eigenvalue weighted by molar-refractivity contribution is 0.557. The topological polar surface area (TPSA) is 64.0 Å². The first kappa shape index (κ1) is 16.5. The Bertz CT molecular complexity index is 950. The molecule has 1 heterocycles. The molecule has 1 N–H and O–H groups in total. The fourth-order valence-corrected chi connectivity index (χ4v) is 3.53. The summed E-state index contributed by atoms with van der Waals surface area (Å²) in [5.41, 5.74) is 1.83. The maximum absolute atomic E-state index is 13.1. The van der Waals surface area contributed by atoms with Crippen LogP contribution in [-0.2, 0) is 16.6 Å². The zero-order chi connectivity index (χ0) is 17.2. The standard InChI is InChI=1S/C16H15F2N3O2S/c17-12-8-13(18)10-14(9-12)24(22,23)20-6-3-7-21-11-19-15-4-1-2-5-16(15)21/h1-2,4-5,8-11,20H,3,6-7H2. The number of fused-ring (bicyclic) bond motifs is 1. The highest BCUT2D eigenvalue weighted by atomic mass is 32.2. The van der Waals surface area contributed by atoms with Crippen molar-refractivity contribution < 1.29 is 17.2 Å². The zero-order valence-corrected chi connectivity index (χ0v) is 13.4. The van der Waals surface area contributed by atoms with E-state index in [0.717, 1.165) is 23.2 Å². The zero-order valence-electron chi connectivity index (χ0n) is 12.6. The van der Waals surface area contributed by atoms with Crippen molar-refractivity contribution >= 4 is 21.1 Å². The highest BCUT2D eigenvalue weighted by Gasteiger charge is 2.15. The lowest BCUT2D eigenvalue weighted by atomic mass is 10.3. The molecule has 1 aromatic heterocycles. The van der Waals surface area contributed by atoms with Gasteiger partial charge < -0.3 is 4.57 Å². The average molecular weight is 351 g/mol.